The van der Waals surface area contributed by atoms with E-state index in [0.717, 1.165) is 5.56 Å². The number of aliphatic hydroxyl groups excluding tert-OH is 1. The first-order chi connectivity index (χ1) is 9.84. The van der Waals surface area contributed by atoms with Crippen molar-refractivity contribution in [3.63, 3.8) is 0 Å². The van der Waals surface area contributed by atoms with Crippen LogP contribution in [0.3, 0.4) is 0 Å². The Morgan fingerprint density at radius 1 is 1.29 bits per heavy atom. The third-order valence-corrected chi connectivity index (χ3v) is 3.15. The summed E-state index contributed by atoms with van der Waals surface area (Å²) in [4.78, 5) is 22.6. The van der Waals surface area contributed by atoms with E-state index in [1.807, 2.05) is 13.8 Å². The highest BCUT2D eigenvalue weighted by Gasteiger charge is 2.17. The predicted molar refractivity (Wildman–Crippen MR) is 82.5 cm³/mol. The summed E-state index contributed by atoms with van der Waals surface area (Å²) in [5.41, 5.74) is 6.26. The molecule has 1 rings (SSSR count). The Kier molecular flexibility index (Phi) is 6.11. The van der Waals surface area contributed by atoms with Crippen LogP contribution in [0.1, 0.15) is 36.2 Å². The topological polar surface area (TPSA) is 92.4 Å². The van der Waals surface area contributed by atoms with Crippen LogP contribution in [0.2, 0.25) is 0 Å². The maximum absolute atomic E-state index is 11.7. The van der Waals surface area contributed by atoms with E-state index in [4.69, 9.17) is 10.8 Å². The van der Waals surface area contributed by atoms with E-state index < -0.39 is 5.91 Å². The lowest BCUT2D eigenvalue weighted by Gasteiger charge is -2.23. The maximum Gasteiger partial charge on any atom is 0.248 e. The summed E-state index contributed by atoms with van der Waals surface area (Å²) < 4.78 is 0. The molecule has 114 valence electrons. The second kappa shape index (κ2) is 7.59. The molecule has 0 unspecified atom stereocenters. The highest BCUT2D eigenvalue weighted by atomic mass is 16.3. The summed E-state index contributed by atoms with van der Waals surface area (Å²) in [6.07, 6.45) is 3.74. The van der Waals surface area contributed by atoms with E-state index in [0.29, 0.717) is 18.5 Å². The Labute approximate surface area is 124 Å². The minimum absolute atomic E-state index is 0.102. The average molecular weight is 290 g/mol. The summed E-state index contributed by atoms with van der Waals surface area (Å²) in [6, 6.07) is 6.67. The van der Waals surface area contributed by atoms with Crippen molar-refractivity contribution < 1.29 is 14.7 Å². The molecule has 0 aliphatic carbocycles. The van der Waals surface area contributed by atoms with Gasteiger partial charge in [-0.15, -0.1) is 0 Å². The molecule has 0 bridgehead atoms. The van der Waals surface area contributed by atoms with Crippen LogP contribution in [0.15, 0.2) is 30.3 Å². The van der Waals surface area contributed by atoms with Crippen molar-refractivity contribution in [3.8, 4) is 0 Å². The quantitative estimate of drug-likeness (QED) is 0.661. The van der Waals surface area contributed by atoms with Crippen molar-refractivity contribution in [1.29, 1.82) is 0 Å². The van der Waals surface area contributed by atoms with Crippen LogP contribution in [-0.2, 0) is 4.79 Å². The zero-order valence-corrected chi connectivity index (χ0v) is 12.4. The highest BCUT2D eigenvalue weighted by molar-refractivity contribution is 5.94. The van der Waals surface area contributed by atoms with Gasteiger partial charge in [-0.3, -0.25) is 9.59 Å². The number of carbonyl (C=O) groups excluding carboxylic acids is 2. The number of aliphatic hydroxyl groups is 1. The molecular weight excluding hydrogens is 268 g/mol. The lowest BCUT2D eigenvalue weighted by Crippen LogP contribution is -2.33. The SMILES string of the molecule is CC(C)(CCO)CNC(=O)/C=C/c1ccc(C(N)=O)cc1. The average Bonchev–Trinajstić information content (AvgIpc) is 2.43. The molecule has 0 aromatic heterocycles. The van der Waals surface area contributed by atoms with Crippen LogP contribution in [0.25, 0.3) is 6.08 Å². The Bertz CT molecular complexity index is 519. The van der Waals surface area contributed by atoms with Gasteiger partial charge in [-0.1, -0.05) is 26.0 Å². The lowest BCUT2D eigenvalue weighted by atomic mass is 9.90. The zero-order chi connectivity index (χ0) is 15.9. The van der Waals surface area contributed by atoms with Crippen molar-refractivity contribution in [2.24, 2.45) is 11.1 Å². The van der Waals surface area contributed by atoms with E-state index in [1.54, 1.807) is 30.3 Å². The van der Waals surface area contributed by atoms with Crippen molar-refractivity contribution in [1.82, 2.24) is 5.32 Å². The third-order valence-electron chi connectivity index (χ3n) is 3.15. The number of nitrogens with one attached hydrogen (secondary N) is 1. The van der Waals surface area contributed by atoms with Crippen molar-refractivity contribution in [2.45, 2.75) is 20.3 Å². The molecule has 0 atom stereocenters. The normalized spacial score (nSPS) is 11.6. The van der Waals surface area contributed by atoms with Crippen LogP contribution in [0, 0.1) is 5.41 Å². The van der Waals surface area contributed by atoms with E-state index >= 15 is 0 Å². The lowest BCUT2D eigenvalue weighted by molar-refractivity contribution is -0.116. The van der Waals surface area contributed by atoms with Gasteiger partial charge in [0.25, 0.3) is 0 Å². The minimum Gasteiger partial charge on any atom is -0.396 e. The van der Waals surface area contributed by atoms with Gasteiger partial charge in [0.2, 0.25) is 11.8 Å². The summed E-state index contributed by atoms with van der Waals surface area (Å²) >= 11 is 0. The summed E-state index contributed by atoms with van der Waals surface area (Å²) in [5, 5.41) is 11.7. The fourth-order valence-corrected chi connectivity index (χ4v) is 1.71. The molecule has 0 heterocycles. The molecule has 5 heteroatoms. The van der Waals surface area contributed by atoms with Crippen molar-refractivity contribution >= 4 is 17.9 Å². The van der Waals surface area contributed by atoms with Gasteiger partial charge in [-0.2, -0.15) is 0 Å². The van der Waals surface area contributed by atoms with Gasteiger partial charge in [-0.05, 0) is 35.6 Å². The van der Waals surface area contributed by atoms with Crippen LogP contribution < -0.4 is 11.1 Å². The van der Waals surface area contributed by atoms with Gasteiger partial charge in [0.05, 0.1) is 0 Å². The molecule has 21 heavy (non-hydrogen) atoms. The molecule has 2 amide bonds. The predicted octanol–water partition coefficient (Wildman–Crippen LogP) is 1.32. The molecule has 0 saturated heterocycles. The van der Waals surface area contributed by atoms with Gasteiger partial charge in [0.15, 0.2) is 0 Å². The van der Waals surface area contributed by atoms with Crippen LogP contribution in [0.5, 0.6) is 0 Å². The number of hydrogen-bond donors (Lipinski definition) is 3. The fraction of sp³-hybridized carbons (Fsp3) is 0.375. The molecule has 0 fully saturated rings. The fourth-order valence-electron chi connectivity index (χ4n) is 1.71. The molecule has 1 aromatic carbocycles. The number of amides is 2. The van der Waals surface area contributed by atoms with Gasteiger partial charge in [0, 0.05) is 24.8 Å². The van der Waals surface area contributed by atoms with E-state index in [9.17, 15) is 9.59 Å². The molecule has 5 nitrogen and oxygen atoms in total. The highest BCUT2D eigenvalue weighted by Crippen LogP contribution is 2.17. The van der Waals surface area contributed by atoms with Crippen LogP contribution in [0.4, 0.5) is 0 Å². The number of rotatable bonds is 7. The molecule has 0 aliphatic rings. The van der Waals surface area contributed by atoms with Gasteiger partial charge >= 0.3 is 0 Å². The largest absolute Gasteiger partial charge is 0.396 e. The molecule has 4 N–H and O–H groups in total. The Morgan fingerprint density at radius 3 is 2.43 bits per heavy atom. The molecule has 1 aromatic rings. The van der Waals surface area contributed by atoms with Crippen LogP contribution in [-0.4, -0.2) is 30.1 Å². The van der Waals surface area contributed by atoms with Gasteiger partial charge in [0.1, 0.15) is 0 Å². The van der Waals surface area contributed by atoms with Crippen molar-refractivity contribution in [3.05, 3.63) is 41.5 Å². The monoisotopic (exact) mass is 290 g/mol. The van der Waals surface area contributed by atoms with Gasteiger partial charge < -0.3 is 16.2 Å². The Morgan fingerprint density at radius 2 is 1.90 bits per heavy atom. The molecule has 0 aliphatic heterocycles. The first-order valence-electron chi connectivity index (χ1n) is 6.81. The number of hydrogen-bond acceptors (Lipinski definition) is 3. The number of benzene rings is 1. The summed E-state index contributed by atoms with van der Waals surface area (Å²) in [5.74, 6) is -0.672. The number of primary amides is 1. The second-order valence-corrected chi connectivity index (χ2v) is 5.68. The second-order valence-electron chi connectivity index (χ2n) is 5.68. The number of carbonyl (C=O) groups is 2. The molecule has 0 spiro atoms. The van der Waals surface area contributed by atoms with Gasteiger partial charge in [-0.25, -0.2) is 0 Å². The zero-order valence-electron chi connectivity index (χ0n) is 12.4. The maximum atomic E-state index is 11.7. The minimum atomic E-state index is -0.477. The van der Waals surface area contributed by atoms with E-state index in [1.165, 1.54) is 6.08 Å². The Hall–Kier alpha value is -2.14. The molecular formula is C16H22N2O3. The standard InChI is InChI=1S/C16H22N2O3/c1-16(2,9-10-19)11-18-14(20)8-5-12-3-6-13(7-4-12)15(17)21/h3-8,19H,9-11H2,1-2H3,(H2,17,21)(H,18,20)/b8-5+. The van der Waals surface area contributed by atoms with E-state index in [-0.39, 0.29) is 17.9 Å². The first kappa shape index (κ1) is 16.9. The smallest absolute Gasteiger partial charge is 0.248 e. The van der Waals surface area contributed by atoms with Crippen molar-refractivity contribution in [2.75, 3.05) is 13.2 Å². The third kappa shape index (κ3) is 6.23. The number of nitrogens with two attached hydrogens (primary N) is 1. The summed E-state index contributed by atoms with van der Waals surface area (Å²) in [7, 11) is 0. The molecule has 0 saturated carbocycles. The molecule has 0 radical (unpaired) electrons. The van der Waals surface area contributed by atoms with Crippen LogP contribution >= 0.6 is 0 Å². The van der Waals surface area contributed by atoms with E-state index in [2.05, 4.69) is 5.32 Å². The summed E-state index contributed by atoms with van der Waals surface area (Å²) in [6.45, 7) is 4.56. The first-order valence-corrected chi connectivity index (χ1v) is 6.81. The Balaban J connectivity index is 2.52.